The molecule has 2 aliphatic rings. The van der Waals surface area contributed by atoms with Crippen molar-refractivity contribution in [3.05, 3.63) is 0 Å². The van der Waals surface area contributed by atoms with Gasteiger partial charge in [-0.25, -0.2) is 0 Å². The average Bonchev–Trinajstić information content (AvgIpc) is 2.59. The van der Waals surface area contributed by atoms with E-state index in [2.05, 4.69) is 17.1 Å². The number of likely N-dealkylation sites (tertiary alicyclic amines) is 2. The lowest BCUT2D eigenvalue weighted by molar-refractivity contribution is -0.138. The van der Waals surface area contributed by atoms with Gasteiger partial charge in [0.25, 0.3) is 0 Å². The van der Waals surface area contributed by atoms with Gasteiger partial charge in [0.2, 0.25) is 11.8 Å². The van der Waals surface area contributed by atoms with Crippen LogP contribution in [-0.4, -0.2) is 60.4 Å². The molecule has 0 bridgehead atoms. The first-order chi connectivity index (χ1) is 11.5. The molecule has 0 saturated carbocycles. The van der Waals surface area contributed by atoms with Gasteiger partial charge in [0, 0.05) is 44.1 Å². The van der Waals surface area contributed by atoms with Gasteiger partial charge in [0.1, 0.15) is 0 Å². The first-order valence-electron chi connectivity index (χ1n) is 9.79. The number of nitrogens with one attached hydrogen (secondary N) is 1. The van der Waals surface area contributed by atoms with E-state index in [1.54, 1.807) is 0 Å². The zero-order valence-corrected chi connectivity index (χ0v) is 15.7. The second-order valence-corrected chi connectivity index (χ2v) is 7.78. The number of hydrogen-bond donors (Lipinski definition) is 1. The van der Waals surface area contributed by atoms with E-state index in [-0.39, 0.29) is 23.7 Å². The van der Waals surface area contributed by atoms with Crippen LogP contribution >= 0.6 is 0 Å². The average molecular weight is 338 g/mol. The molecule has 1 atom stereocenters. The van der Waals surface area contributed by atoms with E-state index in [4.69, 9.17) is 0 Å². The highest BCUT2D eigenvalue weighted by molar-refractivity contribution is 5.80. The Kier molecular flexibility index (Phi) is 7.53. The minimum absolute atomic E-state index is 0.0487. The van der Waals surface area contributed by atoms with Gasteiger partial charge in [-0.2, -0.15) is 0 Å². The summed E-state index contributed by atoms with van der Waals surface area (Å²) in [7, 11) is 0. The fourth-order valence-corrected chi connectivity index (χ4v) is 3.86. The van der Waals surface area contributed by atoms with Crippen molar-refractivity contribution in [2.45, 2.75) is 65.3 Å². The Labute approximate surface area is 147 Å². The summed E-state index contributed by atoms with van der Waals surface area (Å²) in [4.78, 5) is 28.7. The molecule has 0 aliphatic carbocycles. The number of piperidine rings is 2. The molecule has 2 aliphatic heterocycles. The summed E-state index contributed by atoms with van der Waals surface area (Å²) < 4.78 is 0. The van der Waals surface area contributed by atoms with Crippen molar-refractivity contribution in [1.82, 2.24) is 15.1 Å². The van der Waals surface area contributed by atoms with Gasteiger partial charge < -0.3 is 15.1 Å². The zero-order valence-electron chi connectivity index (χ0n) is 15.7. The van der Waals surface area contributed by atoms with Gasteiger partial charge in [-0.15, -0.1) is 0 Å². The molecule has 138 valence electrons. The van der Waals surface area contributed by atoms with Crippen LogP contribution in [-0.2, 0) is 9.59 Å². The molecule has 2 amide bonds. The molecule has 0 aromatic heterocycles. The van der Waals surface area contributed by atoms with Crippen LogP contribution in [0.4, 0.5) is 0 Å². The molecule has 5 heteroatoms. The lowest BCUT2D eigenvalue weighted by Gasteiger charge is -2.33. The molecular weight excluding hydrogens is 302 g/mol. The predicted octanol–water partition coefficient (Wildman–Crippen LogP) is 2.26. The summed E-state index contributed by atoms with van der Waals surface area (Å²) in [6.45, 7) is 10.7. The van der Waals surface area contributed by atoms with Crippen LogP contribution in [0.2, 0.25) is 0 Å². The number of carbonyl (C=O) groups excluding carboxylic acids is 2. The Balaban J connectivity index is 1.61. The summed E-state index contributed by atoms with van der Waals surface area (Å²) in [6, 6.07) is 0.692. The maximum atomic E-state index is 12.3. The minimum Gasteiger partial charge on any atom is -0.356 e. The topological polar surface area (TPSA) is 52.7 Å². The minimum atomic E-state index is 0.0487. The van der Waals surface area contributed by atoms with Crippen molar-refractivity contribution in [2.24, 2.45) is 11.8 Å². The molecule has 2 heterocycles. The van der Waals surface area contributed by atoms with Crippen LogP contribution in [0.5, 0.6) is 0 Å². The number of rotatable bonds is 6. The first kappa shape index (κ1) is 19.2. The second-order valence-electron chi connectivity index (χ2n) is 7.78. The molecule has 0 spiro atoms. The van der Waals surface area contributed by atoms with Gasteiger partial charge >= 0.3 is 0 Å². The van der Waals surface area contributed by atoms with Crippen molar-refractivity contribution in [3.8, 4) is 0 Å². The van der Waals surface area contributed by atoms with Crippen LogP contribution in [0.25, 0.3) is 0 Å². The third-order valence-electron chi connectivity index (χ3n) is 5.53. The van der Waals surface area contributed by atoms with Crippen molar-refractivity contribution >= 4 is 11.8 Å². The number of amides is 2. The quantitative estimate of drug-likeness (QED) is 0.757. The smallest absolute Gasteiger partial charge is 0.225 e. The van der Waals surface area contributed by atoms with Crippen LogP contribution in [0, 0.1) is 11.8 Å². The third kappa shape index (κ3) is 5.47. The van der Waals surface area contributed by atoms with E-state index in [1.165, 1.54) is 25.8 Å². The van der Waals surface area contributed by atoms with Crippen LogP contribution in [0.15, 0.2) is 0 Å². The van der Waals surface area contributed by atoms with Crippen LogP contribution in [0.3, 0.4) is 0 Å². The molecule has 2 fully saturated rings. The Bertz CT molecular complexity index is 417. The largest absolute Gasteiger partial charge is 0.356 e. The summed E-state index contributed by atoms with van der Waals surface area (Å²) in [5, 5.41) is 3.10. The fourth-order valence-electron chi connectivity index (χ4n) is 3.86. The summed E-state index contributed by atoms with van der Waals surface area (Å²) in [5.74, 6) is 0.519. The molecular formula is C19H35N3O2. The van der Waals surface area contributed by atoms with Gasteiger partial charge in [-0.05, 0) is 45.6 Å². The second kappa shape index (κ2) is 9.40. The summed E-state index contributed by atoms with van der Waals surface area (Å²) in [5.41, 5.74) is 0. The third-order valence-corrected chi connectivity index (χ3v) is 5.53. The molecule has 5 nitrogen and oxygen atoms in total. The monoisotopic (exact) mass is 337 g/mol. The Morgan fingerprint density at radius 3 is 2.42 bits per heavy atom. The Morgan fingerprint density at radius 1 is 1.08 bits per heavy atom. The highest BCUT2D eigenvalue weighted by Crippen LogP contribution is 2.19. The molecule has 2 saturated heterocycles. The van der Waals surface area contributed by atoms with Gasteiger partial charge in [-0.1, -0.05) is 20.3 Å². The Hall–Kier alpha value is -1.10. The van der Waals surface area contributed by atoms with Gasteiger partial charge in [-0.3, -0.25) is 9.59 Å². The number of hydrogen-bond acceptors (Lipinski definition) is 3. The normalized spacial score (nSPS) is 23.5. The zero-order chi connectivity index (χ0) is 17.5. The number of nitrogens with zero attached hydrogens (tertiary/aromatic N) is 2. The molecule has 0 radical (unpaired) electrons. The predicted molar refractivity (Wildman–Crippen MR) is 96.7 cm³/mol. The number of carbonyl (C=O) groups is 2. The van der Waals surface area contributed by atoms with E-state index in [0.717, 1.165) is 45.4 Å². The van der Waals surface area contributed by atoms with Crippen molar-refractivity contribution in [2.75, 3.05) is 32.7 Å². The summed E-state index contributed by atoms with van der Waals surface area (Å²) >= 11 is 0. The fraction of sp³-hybridized carbons (Fsp3) is 0.895. The van der Waals surface area contributed by atoms with Crippen molar-refractivity contribution < 1.29 is 9.59 Å². The van der Waals surface area contributed by atoms with E-state index < -0.39 is 0 Å². The maximum Gasteiger partial charge on any atom is 0.225 e. The van der Waals surface area contributed by atoms with Crippen molar-refractivity contribution in [1.29, 1.82) is 0 Å². The molecule has 0 aromatic rings. The molecule has 2 rings (SSSR count). The van der Waals surface area contributed by atoms with Crippen LogP contribution < -0.4 is 5.32 Å². The maximum absolute atomic E-state index is 12.3. The molecule has 24 heavy (non-hydrogen) atoms. The van der Waals surface area contributed by atoms with Gasteiger partial charge in [0.15, 0.2) is 0 Å². The van der Waals surface area contributed by atoms with E-state index in [0.29, 0.717) is 6.04 Å². The molecule has 1 unspecified atom stereocenters. The SMILES string of the molecule is CC(C)C(=O)N1CCC(C(=O)NCCCN2CCCCC2C)CC1. The first-order valence-corrected chi connectivity index (χ1v) is 9.79. The van der Waals surface area contributed by atoms with Crippen molar-refractivity contribution in [3.63, 3.8) is 0 Å². The molecule has 0 aromatic carbocycles. The van der Waals surface area contributed by atoms with E-state index >= 15 is 0 Å². The Morgan fingerprint density at radius 2 is 1.79 bits per heavy atom. The van der Waals surface area contributed by atoms with E-state index in [9.17, 15) is 9.59 Å². The standard InChI is InChI=1S/C19H35N3O2/c1-15(2)19(24)22-13-8-17(9-14-22)18(23)20-10-6-12-21-11-5-4-7-16(21)3/h15-17H,4-14H2,1-3H3,(H,20,23). The van der Waals surface area contributed by atoms with Crippen LogP contribution in [0.1, 0.15) is 59.3 Å². The lowest BCUT2D eigenvalue weighted by atomic mass is 9.95. The van der Waals surface area contributed by atoms with Gasteiger partial charge in [0.05, 0.1) is 0 Å². The lowest BCUT2D eigenvalue weighted by Crippen LogP contribution is -2.44. The van der Waals surface area contributed by atoms with E-state index in [1.807, 2.05) is 18.7 Å². The molecule has 1 N–H and O–H groups in total. The highest BCUT2D eigenvalue weighted by atomic mass is 16.2. The highest BCUT2D eigenvalue weighted by Gasteiger charge is 2.28. The summed E-state index contributed by atoms with van der Waals surface area (Å²) in [6.07, 6.45) is 6.60.